The molecule has 1 aromatic rings. The molecule has 0 heterocycles. The minimum Gasteiger partial charge on any atom is -0.375 e. The fraction of sp³-hybridized carbons (Fsp3) is 0.500. The van der Waals surface area contributed by atoms with Gasteiger partial charge >= 0.3 is 0 Å². The van der Waals surface area contributed by atoms with Gasteiger partial charge in [0.25, 0.3) is 5.12 Å². The zero-order valence-electron chi connectivity index (χ0n) is 14.1. The van der Waals surface area contributed by atoms with Crippen LogP contribution in [0.3, 0.4) is 0 Å². The fourth-order valence-electron chi connectivity index (χ4n) is 1.82. The van der Waals surface area contributed by atoms with Crippen molar-refractivity contribution in [1.82, 2.24) is 4.90 Å². The van der Waals surface area contributed by atoms with E-state index < -0.39 is 0 Å². The number of carbonyl (C=O) groups excluding carboxylic acids is 1. The van der Waals surface area contributed by atoms with Crippen LogP contribution in [-0.4, -0.2) is 42.0 Å². The van der Waals surface area contributed by atoms with Crippen LogP contribution in [0.5, 0.6) is 0 Å². The van der Waals surface area contributed by atoms with Crippen LogP contribution in [0.15, 0.2) is 24.3 Å². The first kappa shape index (κ1) is 18.8. The van der Waals surface area contributed by atoms with Crippen molar-refractivity contribution in [2.45, 2.75) is 32.9 Å². The van der Waals surface area contributed by atoms with Crippen LogP contribution in [0.4, 0.5) is 0 Å². The molecule has 120 valence electrons. The molecule has 0 saturated carbocycles. The molecule has 0 saturated heterocycles. The van der Waals surface area contributed by atoms with Gasteiger partial charge in [-0.15, -0.1) is 0 Å². The summed E-state index contributed by atoms with van der Waals surface area (Å²) in [7, 11) is 1.99. The third-order valence-corrected chi connectivity index (χ3v) is 4.01. The summed E-state index contributed by atoms with van der Waals surface area (Å²) in [5.74, 6) is 5.69. The van der Waals surface area contributed by atoms with E-state index >= 15 is 0 Å². The van der Waals surface area contributed by atoms with E-state index in [4.69, 9.17) is 4.74 Å². The van der Waals surface area contributed by atoms with E-state index in [2.05, 4.69) is 41.9 Å². The molecule has 0 radical (unpaired) electrons. The van der Waals surface area contributed by atoms with Gasteiger partial charge in [0.05, 0.1) is 18.8 Å². The highest BCUT2D eigenvalue weighted by molar-refractivity contribution is 8.13. The lowest BCUT2D eigenvalue weighted by Gasteiger charge is -2.30. The fourth-order valence-corrected chi connectivity index (χ4v) is 1.98. The van der Waals surface area contributed by atoms with Crippen molar-refractivity contribution >= 4 is 16.9 Å². The first-order chi connectivity index (χ1) is 10.3. The third kappa shape index (κ3) is 6.65. The highest BCUT2D eigenvalue weighted by atomic mass is 32.2. The van der Waals surface area contributed by atoms with Crippen LogP contribution in [0.2, 0.25) is 0 Å². The maximum Gasteiger partial charge on any atom is 0.262 e. The number of rotatable bonds is 6. The Kier molecular flexibility index (Phi) is 7.67. The number of likely N-dealkylation sites (N-methyl/N-ethyl adjacent to an activating group) is 1. The molecular formula is C18H25NO2S. The van der Waals surface area contributed by atoms with Crippen LogP contribution in [0.1, 0.15) is 25.0 Å². The van der Waals surface area contributed by atoms with Crippen LogP contribution in [0.25, 0.3) is 0 Å². The Bertz CT molecular complexity index is 558. The van der Waals surface area contributed by atoms with Gasteiger partial charge < -0.3 is 4.74 Å². The normalized spacial score (nSPS) is 11.2. The standard InChI is InChI=1S/C18H25NO2S/c1-15-7-6-8-16(13-15)14-21-12-11-19(4)18(2,3)10-9-17(20)22-5/h6-8,13H,11-12,14H2,1-5H3. The average molecular weight is 319 g/mol. The van der Waals surface area contributed by atoms with Crippen LogP contribution < -0.4 is 0 Å². The summed E-state index contributed by atoms with van der Waals surface area (Å²) in [4.78, 5) is 13.4. The van der Waals surface area contributed by atoms with E-state index in [1.54, 1.807) is 6.26 Å². The molecule has 0 unspecified atom stereocenters. The Morgan fingerprint density at radius 2 is 2.14 bits per heavy atom. The summed E-state index contributed by atoms with van der Waals surface area (Å²) >= 11 is 1.14. The van der Waals surface area contributed by atoms with Gasteiger partial charge in [0.15, 0.2) is 0 Å². The van der Waals surface area contributed by atoms with Crippen molar-refractivity contribution in [2.75, 3.05) is 26.5 Å². The molecule has 0 spiro atoms. The average Bonchev–Trinajstić information content (AvgIpc) is 2.49. The predicted octanol–water partition coefficient (Wildman–Crippen LogP) is 3.12. The van der Waals surface area contributed by atoms with Crippen molar-refractivity contribution in [3.63, 3.8) is 0 Å². The number of thioether (sulfide) groups is 1. The van der Waals surface area contributed by atoms with E-state index in [0.29, 0.717) is 13.2 Å². The van der Waals surface area contributed by atoms with E-state index in [9.17, 15) is 4.79 Å². The lowest BCUT2D eigenvalue weighted by molar-refractivity contribution is -0.106. The second kappa shape index (κ2) is 8.99. The van der Waals surface area contributed by atoms with Gasteiger partial charge in [-0.25, -0.2) is 0 Å². The molecule has 0 bridgehead atoms. The van der Waals surface area contributed by atoms with Gasteiger partial charge in [-0.1, -0.05) is 47.5 Å². The van der Waals surface area contributed by atoms with Gasteiger partial charge in [-0.2, -0.15) is 0 Å². The first-order valence-electron chi connectivity index (χ1n) is 7.31. The van der Waals surface area contributed by atoms with E-state index in [1.165, 1.54) is 11.1 Å². The number of carbonyl (C=O) groups is 1. The van der Waals surface area contributed by atoms with Gasteiger partial charge in [0.1, 0.15) is 0 Å². The topological polar surface area (TPSA) is 29.5 Å². The van der Waals surface area contributed by atoms with E-state index in [0.717, 1.165) is 18.3 Å². The molecule has 3 nitrogen and oxygen atoms in total. The highest BCUT2D eigenvalue weighted by Gasteiger charge is 2.20. The smallest absolute Gasteiger partial charge is 0.262 e. The second-order valence-corrected chi connectivity index (χ2v) is 6.54. The number of ether oxygens (including phenoxy) is 1. The van der Waals surface area contributed by atoms with Crippen molar-refractivity contribution in [1.29, 1.82) is 0 Å². The largest absolute Gasteiger partial charge is 0.375 e. The summed E-state index contributed by atoms with van der Waals surface area (Å²) in [6.45, 7) is 8.11. The molecule has 0 aliphatic carbocycles. The lowest BCUT2D eigenvalue weighted by atomic mass is 10.0. The lowest BCUT2D eigenvalue weighted by Crippen LogP contribution is -2.41. The van der Waals surface area contributed by atoms with Gasteiger partial charge in [-0.05, 0) is 45.6 Å². The number of hydrogen-bond acceptors (Lipinski definition) is 4. The molecule has 0 aliphatic rings. The summed E-state index contributed by atoms with van der Waals surface area (Å²) in [6, 6.07) is 8.32. The Labute approximate surface area is 138 Å². The molecule has 22 heavy (non-hydrogen) atoms. The zero-order chi connectivity index (χ0) is 16.6. The summed E-state index contributed by atoms with van der Waals surface area (Å²) in [5, 5.41) is -0.0998. The summed E-state index contributed by atoms with van der Waals surface area (Å²) in [5.41, 5.74) is 2.08. The van der Waals surface area contributed by atoms with Crippen LogP contribution in [0, 0.1) is 18.8 Å². The van der Waals surface area contributed by atoms with Crippen molar-refractivity contribution in [3.05, 3.63) is 35.4 Å². The molecule has 1 rings (SSSR count). The zero-order valence-corrected chi connectivity index (χ0v) is 14.9. The molecule has 0 aromatic heterocycles. The maximum atomic E-state index is 11.3. The Balaban J connectivity index is 2.40. The van der Waals surface area contributed by atoms with E-state index in [-0.39, 0.29) is 10.7 Å². The van der Waals surface area contributed by atoms with Crippen molar-refractivity contribution in [3.8, 4) is 11.8 Å². The minimum atomic E-state index is -0.349. The highest BCUT2D eigenvalue weighted by Crippen LogP contribution is 2.11. The number of nitrogens with zero attached hydrogens (tertiary/aromatic N) is 1. The molecular weight excluding hydrogens is 294 g/mol. The van der Waals surface area contributed by atoms with Gasteiger partial charge in [0.2, 0.25) is 0 Å². The summed E-state index contributed by atoms with van der Waals surface area (Å²) in [6.07, 6.45) is 1.74. The Morgan fingerprint density at radius 1 is 1.41 bits per heavy atom. The second-order valence-electron chi connectivity index (χ2n) is 5.76. The summed E-state index contributed by atoms with van der Waals surface area (Å²) < 4.78 is 5.73. The van der Waals surface area contributed by atoms with Crippen LogP contribution >= 0.6 is 11.8 Å². The third-order valence-electron chi connectivity index (χ3n) is 3.53. The maximum absolute atomic E-state index is 11.3. The minimum absolute atomic E-state index is 0.0998. The Morgan fingerprint density at radius 3 is 2.77 bits per heavy atom. The van der Waals surface area contributed by atoms with Crippen LogP contribution in [-0.2, 0) is 16.1 Å². The first-order valence-corrected chi connectivity index (χ1v) is 8.53. The number of benzene rings is 1. The van der Waals surface area contributed by atoms with Gasteiger partial charge in [-0.3, -0.25) is 9.69 Å². The number of hydrogen-bond donors (Lipinski definition) is 0. The molecule has 0 atom stereocenters. The van der Waals surface area contributed by atoms with E-state index in [1.807, 2.05) is 27.0 Å². The van der Waals surface area contributed by atoms with Crippen molar-refractivity contribution < 1.29 is 9.53 Å². The predicted molar refractivity (Wildman–Crippen MR) is 93.8 cm³/mol. The molecule has 4 heteroatoms. The SMILES string of the molecule is CSC(=O)C#CC(C)(C)N(C)CCOCc1cccc(C)c1. The molecule has 1 aromatic carbocycles. The molecule has 0 aliphatic heterocycles. The number of aryl methyl sites for hydroxylation is 1. The quantitative estimate of drug-likeness (QED) is 0.595. The molecule has 0 amide bonds. The van der Waals surface area contributed by atoms with Gasteiger partial charge in [0, 0.05) is 6.54 Å². The molecule has 0 fully saturated rings. The molecule has 0 N–H and O–H groups in total. The Hall–Kier alpha value is -1.28. The van der Waals surface area contributed by atoms with Crippen molar-refractivity contribution in [2.24, 2.45) is 0 Å². The monoisotopic (exact) mass is 319 g/mol.